The molecule has 0 heterocycles. The highest BCUT2D eigenvalue weighted by Gasteiger charge is 2.30. The zero-order valence-electron chi connectivity index (χ0n) is 11.2. The lowest BCUT2D eigenvalue weighted by Gasteiger charge is -2.10. The van der Waals surface area contributed by atoms with E-state index in [0.29, 0.717) is 5.69 Å². The van der Waals surface area contributed by atoms with Crippen LogP contribution < -0.4 is 11.1 Å². The van der Waals surface area contributed by atoms with Crippen LogP contribution in [-0.2, 0) is 6.18 Å². The molecule has 0 saturated carbocycles. The van der Waals surface area contributed by atoms with Crippen LogP contribution in [0.1, 0.15) is 21.5 Å². The summed E-state index contributed by atoms with van der Waals surface area (Å²) in [6.45, 7) is 1.77. The van der Waals surface area contributed by atoms with Crippen LogP contribution >= 0.6 is 0 Å². The Labute approximate surface area is 119 Å². The summed E-state index contributed by atoms with van der Waals surface area (Å²) in [7, 11) is 0. The van der Waals surface area contributed by atoms with Gasteiger partial charge in [0.05, 0.1) is 11.1 Å². The molecule has 6 heteroatoms. The Morgan fingerprint density at radius 2 is 1.71 bits per heavy atom. The van der Waals surface area contributed by atoms with Gasteiger partial charge in [0.2, 0.25) is 0 Å². The van der Waals surface area contributed by atoms with Crippen molar-refractivity contribution in [3.05, 3.63) is 59.2 Å². The fraction of sp³-hybridized carbons (Fsp3) is 0.133. The molecule has 0 fully saturated rings. The lowest BCUT2D eigenvalue weighted by Crippen LogP contribution is -2.15. The van der Waals surface area contributed by atoms with Crippen LogP contribution in [0.25, 0.3) is 0 Å². The van der Waals surface area contributed by atoms with E-state index in [2.05, 4.69) is 5.32 Å². The number of alkyl halides is 3. The van der Waals surface area contributed by atoms with E-state index in [4.69, 9.17) is 5.73 Å². The molecule has 0 aromatic heterocycles. The highest BCUT2D eigenvalue weighted by atomic mass is 19.4. The highest BCUT2D eigenvalue weighted by Crippen LogP contribution is 2.30. The number of aryl methyl sites for hydroxylation is 1. The van der Waals surface area contributed by atoms with Crippen LogP contribution in [0, 0.1) is 6.92 Å². The zero-order valence-corrected chi connectivity index (χ0v) is 11.2. The summed E-state index contributed by atoms with van der Waals surface area (Å²) in [6.07, 6.45) is -4.40. The summed E-state index contributed by atoms with van der Waals surface area (Å²) >= 11 is 0. The topological polar surface area (TPSA) is 55.1 Å². The molecule has 2 aromatic rings. The molecule has 3 nitrogen and oxygen atoms in total. The predicted octanol–water partition coefficient (Wildman–Crippen LogP) is 3.85. The minimum absolute atomic E-state index is 0.272. The normalized spacial score (nSPS) is 11.2. The van der Waals surface area contributed by atoms with Crippen molar-refractivity contribution in [1.29, 1.82) is 0 Å². The molecule has 21 heavy (non-hydrogen) atoms. The van der Waals surface area contributed by atoms with Crippen molar-refractivity contribution in [2.24, 2.45) is 0 Å². The minimum atomic E-state index is -4.40. The standard InChI is InChI=1S/C15H13F3N2O/c1-9-3-2-4-12(13(9)19)14(21)20-11-7-5-10(6-8-11)15(16,17)18/h2-8H,19H2,1H3,(H,20,21). The number of nitrogens with one attached hydrogen (secondary N) is 1. The number of para-hydroxylation sites is 1. The van der Waals surface area contributed by atoms with Gasteiger partial charge in [-0.05, 0) is 42.8 Å². The average molecular weight is 294 g/mol. The number of carbonyl (C=O) groups is 1. The summed E-state index contributed by atoms with van der Waals surface area (Å²) in [5, 5.41) is 2.52. The third kappa shape index (κ3) is 3.34. The Hall–Kier alpha value is -2.50. The van der Waals surface area contributed by atoms with Crippen LogP contribution in [0.3, 0.4) is 0 Å². The lowest BCUT2D eigenvalue weighted by atomic mass is 10.1. The molecule has 2 rings (SSSR count). The smallest absolute Gasteiger partial charge is 0.398 e. The largest absolute Gasteiger partial charge is 0.416 e. The number of amides is 1. The van der Waals surface area contributed by atoms with Gasteiger partial charge in [-0.25, -0.2) is 0 Å². The molecule has 0 aliphatic carbocycles. The first-order valence-electron chi connectivity index (χ1n) is 6.13. The van der Waals surface area contributed by atoms with E-state index < -0.39 is 17.6 Å². The van der Waals surface area contributed by atoms with Crippen molar-refractivity contribution < 1.29 is 18.0 Å². The van der Waals surface area contributed by atoms with Crippen LogP contribution in [0.5, 0.6) is 0 Å². The van der Waals surface area contributed by atoms with Crippen LogP contribution in [-0.4, -0.2) is 5.91 Å². The number of hydrogen-bond acceptors (Lipinski definition) is 2. The Morgan fingerprint density at radius 1 is 1.10 bits per heavy atom. The van der Waals surface area contributed by atoms with E-state index >= 15 is 0 Å². The van der Waals surface area contributed by atoms with Crippen molar-refractivity contribution in [3.8, 4) is 0 Å². The molecule has 110 valence electrons. The molecule has 0 unspecified atom stereocenters. The number of nitrogens with two attached hydrogens (primary N) is 1. The first-order valence-corrected chi connectivity index (χ1v) is 6.13. The van der Waals surface area contributed by atoms with Crippen LogP contribution in [0.15, 0.2) is 42.5 Å². The van der Waals surface area contributed by atoms with Crippen LogP contribution in [0.2, 0.25) is 0 Å². The number of halogens is 3. The maximum Gasteiger partial charge on any atom is 0.416 e. The predicted molar refractivity (Wildman–Crippen MR) is 75.0 cm³/mol. The molecule has 2 aromatic carbocycles. The maximum atomic E-state index is 12.4. The highest BCUT2D eigenvalue weighted by molar-refractivity contribution is 6.08. The van der Waals surface area contributed by atoms with Gasteiger partial charge in [-0.2, -0.15) is 13.2 Å². The summed E-state index contributed by atoms with van der Waals surface area (Å²) in [6, 6.07) is 9.24. The number of benzene rings is 2. The van der Waals surface area contributed by atoms with Crippen molar-refractivity contribution in [2.75, 3.05) is 11.1 Å². The second-order valence-electron chi connectivity index (χ2n) is 4.57. The monoisotopic (exact) mass is 294 g/mol. The van der Waals surface area contributed by atoms with Crippen molar-refractivity contribution in [1.82, 2.24) is 0 Å². The fourth-order valence-corrected chi connectivity index (χ4v) is 1.82. The summed E-state index contributed by atoms with van der Waals surface area (Å²) in [5.74, 6) is -0.462. The second kappa shape index (κ2) is 5.47. The van der Waals surface area contributed by atoms with E-state index in [1.165, 1.54) is 12.1 Å². The van der Waals surface area contributed by atoms with E-state index in [0.717, 1.165) is 17.7 Å². The molecule has 0 saturated heterocycles. The Bertz CT molecular complexity index is 664. The molecular formula is C15H13F3N2O. The molecule has 0 atom stereocenters. The van der Waals surface area contributed by atoms with Gasteiger partial charge in [0.1, 0.15) is 0 Å². The summed E-state index contributed by atoms with van der Waals surface area (Å²) in [4.78, 5) is 12.1. The van der Waals surface area contributed by atoms with Crippen LogP contribution in [0.4, 0.5) is 24.5 Å². The molecule has 0 bridgehead atoms. The van der Waals surface area contributed by atoms with E-state index in [9.17, 15) is 18.0 Å². The van der Waals surface area contributed by atoms with Gasteiger partial charge in [-0.1, -0.05) is 12.1 Å². The van der Waals surface area contributed by atoms with Gasteiger partial charge in [-0.15, -0.1) is 0 Å². The van der Waals surface area contributed by atoms with Gasteiger partial charge in [0, 0.05) is 11.4 Å². The lowest BCUT2D eigenvalue weighted by molar-refractivity contribution is -0.137. The van der Waals surface area contributed by atoms with Gasteiger partial charge in [-0.3, -0.25) is 4.79 Å². The van der Waals surface area contributed by atoms with Crippen molar-refractivity contribution in [3.63, 3.8) is 0 Å². The molecule has 0 aliphatic heterocycles. The Balaban J connectivity index is 2.18. The first kappa shape index (κ1) is 14.9. The molecule has 3 N–H and O–H groups in total. The first-order chi connectivity index (χ1) is 9.79. The van der Waals surface area contributed by atoms with E-state index in [-0.39, 0.29) is 11.3 Å². The van der Waals surface area contributed by atoms with Crippen molar-refractivity contribution in [2.45, 2.75) is 13.1 Å². The average Bonchev–Trinajstić information content (AvgIpc) is 2.41. The molecule has 0 spiro atoms. The number of nitrogen functional groups attached to an aromatic ring is 1. The maximum absolute atomic E-state index is 12.4. The molecule has 0 radical (unpaired) electrons. The minimum Gasteiger partial charge on any atom is -0.398 e. The molecule has 0 aliphatic rings. The van der Waals surface area contributed by atoms with Gasteiger partial charge in [0.25, 0.3) is 5.91 Å². The third-order valence-corrected chi connectivity index (χ3v) is 3.04. The van der Waals surface area contributed by atoms with E-state index in [1.807, 2.05) is 0 Å². The summed E-state index contributed by atoms with van der Waals surface area (Å²) in [5.41, 5.74) is 6.71. The Morgan fingerprint density at radius 3 is 2.29 bits per heavy atom. The van der Waals surface area contributed by atoms with Gasteiger partial charge >= 0.3 is 6.18 Å². The number of hydrogen-bond donors (Lipinski definition) is 2. The summed E-state index contributed by atoms with van der Waals surface area (Å²) < 4.78 is 37.3. The number of anilines is 2. The SMILES string of the molecule is Cc1cccc(C(=O)Nc2ccc(C(F)(F)F)cc2)c1N. The molecular weight excluding hydrogens is 281 g/mol. The second-order valence-corrected chi connectivity index (χ2v) is 4.57. The third-order valence-electron chi connectivity index (χ3n) is 3.04. The molecule has 1 amide bonds. The number of carbonyl (C=O) groups excluding carboxylic acids is 1. The van der Waals surface area contributed by atoms with Crippen molar-refractivity contribution >= 4 is 17.3 Å². The number of rotatable bonds is 2. The van der Waals surface area contributed by atoms with Gasteiger partial charge in [0.15, 0.2) is 0 Å². The quantitative estimate of drug-likeness (QED) is 0.827. The van der Waals surface area contributed by atoms with Gasteiger partial charge < -0.3 is 11.1 Å². The zero-order chi connectivity index (χ0) is 15.6. The fourth-order valence-electron chi connectivity index (χ4n) is 1.82. The van der Waals surface area contributed by atoms with E-state index in [1.54, 1.807) is 25.1 Å². The Kier molecular flexibility index (Phi) is 3.88.